The van der Waals surface area contributed by atoms with Crippen molar-refractivity contribution in [2.75, 3.05) is 11.9 Å². The minimum atomic E-state index is -0.587. The van der Waals surface area contributed by atoms with E-state index in [1.807, 2.05) is 22.9 Å². The molecule has 0 saturated carbocycles. The van der Waals surface area contributed by atoms with E-state index >= 15 is 0 Å². The Kier molecular flexibility index (Phi) is 3.79. The van der Waals surface area contributed by atoms with Crippen LogP contribution < -0.4 is 5.32 Å². The monoisotopic (exact) mass is 339 g/mol. The lowest BCUT2D eigenvalue weighted by atomic mass is 10.0. The van der Waals surface area contributed by atoms with Gasteiger partial charge in [0.05, 0.1) is 5.69 Å². The molecule has 1 N–H and O–H groups in total. The fourth-order valence-corrected chi connectivity index (χ4v) is 3.42. The summed E-state index contributed by atoms with van der Waals surface area (Å²) in [5.41, 5.74) is 4.05. The van der Waals surface area contributed by atoms with Crippen LogP contribution >= 0.6 is 0 Å². The Hall–Kier alpha value is -2.69. The largest absolute Gasteiger partial charge is 0.369 e. The van der Waals surface area contributed by atoms with Crippen LogP contribution in [0.5, 0.6) is 0 Å². The summed E-state index contributed by atoms with van der Waals surface area (Å²) in [5.74, 6) is 0.0624. The maximum atomic E-state index is 14.3. The summed E-state index contributed by atoms with van der Waals surface area (Å²) in [4.78, 5) is 0. The van der Waals surface area contributed by atoms with Crippen molar-refractivity contribution >= 4 is 5.82 Å². The van der Waals surface area contributed by atoms with E-state index in [9.17, 15) is 8.78 Å². The molecule has 128 valence electrons. The van der Waals surface area contributed by atoms with E-state index in [4.69, 9.17) is 5.10 Å². The first kappa shape index (κ1) is 15.8. The van der Waals surface area contributed by atoms with Crippen LogP contribution in [0, 0.1) is 11.6 Å². The number of para-hydroxylation sites is 1. The molecular weight excluding hydrogens is 320 g/mol. The van der Waals surface area contributed by atoms with Crippen molar-refractivity contribution in [3.8, 4) is 16.9 Å². The molecule has 0 radical (unpaired) electrons. The molecule has 0 fully saturated rings. The number of nitrogens with zero attached hydrogens (tertiary/aromatic N) is 2. The summed E-state index contributed by atoms with van der Waals surface area (Å²) in [7, 11) is 0. The van der Waals surface area contributed by atoms with Crippen LogP contribution in [0.3, 0.4) is 0 Å². The summed E-state index contributed by atoms with van der Waals surface area (Å²) in [5, 5.41) is 8.06. The highest BCUT2D eigenvalue weighted by atomic mass is 19.1. The molecule has 0 bridgehead atoms. The molecule has 2 aromatic carbocycles. The second-order valence-corrected chi connectivity index (χ2v) is 6.60. The number of hydrogen-bond donors (Lipinski definition) is 1. The molecule has 1 aromatic heterocycles. The Balaban J connectivity index is 1.93. The number of fused-ring (bicyclic) bond motifs is 1. The van der Waals surface area contributed by atoms with Gasteiger partial charge in [0, 0.05) is 23.7 Å². The smallest absolute Gasteiger partial charge is 0.135 e. The highest BCUT2D eigenvalue weighted by Crippen LogP contribution is 2.37. The summed E-state index contributed by atoms with van der Waals surface area (Å²) >= 11 is 0. The third-order valence-corrected chi connectivity index (χ3v) is 4.62. The first-order valence-electron chi connectivity index (χ1n) is 8.46. The molecule has 2 heterocycles. The van der Waals surface area contributed by atoms with Gasteiger partial charge in [0.25, 0.3) is 0 Å². The van der Waals surface area contributed by atoms with Crippen LogP contribution in [0.15, 0.2) is 42.5 Å². The van der Waals surface area contributed by atoms with E-state index < -0.39 is 11.6 Å². The van der Waals surface area contributed by atoms with Gasteiger partial charge in [-0.05, 0) is 36.1 Å². The van der Waals surface area contributed by atoms with Gasteiger partial charge >= 0.3 is 0 Å². The number of aromatic nitrogens is 2. The van der Waals surface area contributed by atoms with Crippen molar-refractivity contribution in [1.82, 2.24) is 9.78 Å². The second kappa shape index (κ2) is 5.99. The number of rotatable bonds is 3. The lowest BCUT2D eigenvalue weighted by molar-refractivity contribution is 0.585. The summed E-state index contributed by atoms with van der Waals surface area (Å²) in [6.45, 7) is 5.06. The van der Waals surface area contributed by atoms with Crippen molar-refractivity contribution in [2.24, 2.45) is 0 Å². The Bertz CT molecular complexity index is 944. The summed E-state index contributed by atoms with van der Waals surface area (Å²) < 4.78 is 29.4. The molecule has 0 saturated heterocycles. The SMILES string of the molecule is CC(C)c1ccccc1-n1nc(-c2ccc(F)cc2F)c2c1NCC2. The predicted octanol–water partition coefficient (Wildman–Crippen LogP) is 4.91. The van der Waals surface area contributed by atoms with Gasteiger partial charge < -0.3 is 5.32 Å². The topological polar surface area (TPSA) is 29.9 Å². The standard InChI is InChI=1S/C20H19F2N3/c1-12(2)14-5-3-4-6-18(14)25-20-16(9-10-23-20)19(24-25)15-8-7-13(21)11-17(15)22/h3-8,11-12,23H,9-10H2,1-2H3. The minimum Gasteiger partial charge on any atom is -0.369 e. The fraction of sp³-hybridized carbons (Fsp3) is 0.250. The van der Waals surface area contributed by atoms with E-state index in [1.165, 1.54) is 17.7 Å². The average Bonchev–Trinajstić information content (AvgIpc) is 3.18. The number of nitrogens with one attached hydrogen (secondary N) is 1. The van der Waals surface area contributed by atoms with Gasteiger partial charge in [-0.2, -0.15) is 5.10 Å². The van der Waals surface area contributed by atoms with Gasteiger partial charge in [0.1, 0.15) is 23.1 Å². The van der Waals surface area contributed by atoms with Gasteiger partial charge in [-0.1, -0.05) is 32.0 Å². The molecule has 1 aliphatic heterocycles. The molecule has 0 aliphatic carbocycles. The predicted molar refractivity (Wildman–Crippen MR) is 95.2 cm³/mol. The highest BCUT2D eigenvalue weighted by molar-refractivity contribution is 5.73. The van der Waals surface area contributed by atoms with Gasteiger partial charge in [-0.15, -0.1) is 0 Å². The van der Waals surface area contributed by atoms with E-state index in [0.717, 1.165) is 36.1 Å². The number of benzene rings is 2. The number of hydrogen-bond acceptors (Lipinski definition) is 2. The molecule has 3 nitrogen and oxygen atoms in total. The zero-order valence-electron chi connectivity index (χ0n) is 14.2. The molecule has 0 unspecified atom stereocenters. The molecule has 0 amide bonds. The Morgan fingerprint density at radius 2 is 1.92 bits per heavy atom. The number of anilines is 1. The molecule has 5 heteroatoms. The fourth-order valence-electron chi connectivity index (χ4n) is 3.42. The molecule has 4 rings (SSSR count). The van der Waals surface area contributed by atoms with E-state index in [2.05, 4.69) is 25.2 Å². The molecule has 1 aliphatic rings. The first-order valence-corrected chi connectivity index (χ1v) is 8.46. The maximum Gasteiger partial charge on any atom is 0.135 e. The molecule has 0 spiro atoms. The van der Waals surface area contributed by atoms with Gasteiger partial charge in [0.2, 0.25) is 0 Å². The third-order valence-electron chi connectivity index (χ3n) is 4.62. The first-order chi connectivity index (χ1) is 12.1. The van der Waals surface area contributed by atoms with Crippen LogP contribution in [-0.4, -0.2) is 16.3 Å². The molecule has 25 heavy (non-hydrogen) atoms. The minimum absolute atomic E-state index is 0.335. The van der Waals surface area contributed by atoms with Crippen molar-refractivity contribution in [2.45, 2.75) is 26.2 Å². The highest BCUT2D eigenvalue weighted by Gasteiger charge is 2.26. The Morgan fingerprint density at radius 3 is 2.68 bits per heavy atom. The van der Waals surface area contributed by atoms with E-state index in [1.54, 1.807) is 0 Å². The van der Waals surface area contributed by atoms with Crippen LogP contribution in [0.25, 0.3) is 16.9 Å². The van der Waals surface area contributed by atoms with Crippen LogP contribution in [-0.2, 0) is 6.42 Å². The third kappa shape index (κ3) is 2.60. The average molecular weight is 339 g/mol. The quantitative estimate of drug-likeness (QED) is 0.735. The van der Waals surface area contributed by atoms with Crippen LogP contribution in [0.1, 0.15) is 30.9 Å². The maximum absolute atomic E-state index is 14.3. The van der Waals surface area contributed by atoms with E-state index in [-0.39, 0.29) is 0 Å². The summed E-state index contributed by atoms with van der Waals surface area (Å²) in [6, 6.07) is 11.7. The Morgan fingerprint density at radius 1 is 1.12 bits per heavy atom. The molecule has 3 aromatic rings. The molecular formula is C20H19F2N3. The zero-order valence-corrected chi connectivity index (χ0v) is 14.2. The van der Waals surface area contributed by atoms with Gasteiger partial charge in [0.15, 0.2) is 0 Å². The Labute approximate surface area is 145 Å². The van der Waals surface area contributed by atoms with Gasteiger partial charge in [-0.25, -0.2) is 13.5 Å². The normalized spacial score (nSPS) is 13.2. The van der Waals surface area contributed by atoms with Crippen LogP contribution in [0.2, 0.25) is 0 Å². The van der Waals surface area contributed by atoms with E-state index in [0.29, 0.717) is 17.2 Å². The van der Waals surface area contributed by atoms with Crippen molar-refractivity contribution in [3.63, 3.8) is 0 Å². The number of halogens is 2. The summed E-state index contributed by atoms with van der Waals surface area (Å²) in [6.07, 6.45) is 0.769. The van der Waals surface area contributed by atoms with Crippen molar-refractivity contribution in [1.29, 1.82) is 0 Å². The lowest BCUT2D eigenvalue weighted by Gasteiger charge is -2.14. The van der Waals surface area contributed by atoms with Gasteiger partial charge in [-0.3, -0.25) is 0 Å². The second-order valence-electron chi connectivity index (χ2n) is 6.60. The van der Waals surface area contributed by atoms with Crippen molar-refractivity contribution < 1.29 is 8.78 Å². The van der Waals surface area contributed by atoms with Crippen molar-refractivity contribution in [3.05, 3.63) is 65.2 Å². The molecule has 0 atom stereocenters. The lowest BCUT2D eigenvalue weighted by Crippen LogP contribution is -2.07. The van der Waals surface area contributed by atoms with Crippen LogP contribution in [0.4, 0.5) is 14.6 Å². The zero-order chi connectivity index (χ0) is 17.6.